The Hall–Kier alpha value is 0.310. The summed E-state index contributed by atoms with van der Waals surface area (Å²) in [4.78, 5) is 0. The van der Waals surface area contributed by atoms with E-state index in [-0.39, 0.29) is 18.0 Å². The van der Waals surface area contributed by atoms with Gasteiger partial charge in [-0.15, -0.1) is 9.24 Å². The molecule has 4 heteroatoms. The molecule has 1 fully saturated rings. The number of rotatable bonds is 0. The lowest BCUT2D eigenvalue weighted by Crippen LogP contribution is -2.37. The van der Waals surface area contributed by atoms with Crippen molar-refractivity contribution in [2.75, 3.05) is 13.2 Å². The van der Waals surface area contributed by atoms with Gasteiger partial charge < -0.3 is 15.2 Å². The zero-order valence-corrected chi connectivity index (χ0v) is 7.23. The Balaban J connectivity index is 2.38. The van der Waals surface area contributed by atoms with Crippen LogP contribution < -0.4 is 5.32 Å². The zero-order chi connectivity index (χ0) is 7.56. The predicted octanol–water partition coefficient (Wildman–Crippen LogP) is -0.443. The van der Waals surface area contributed by atoms with Gasteiger partial charge in [-0.3, -0.25) is 0 Å². The molecule has 1 heterocycles. The molecule has 0 radical (unpaired) electrons. The number of ether oxygens (including phenoxy) is 1. The lowest BCUT2D eigenvalue weighted by molar-refractivity contribution is 0.0352. The number of hydrogen-bond donors (Lipinski definition) is 2. The van der Waals surface area contributed by atoms with E-state index in [1.165, 1.54) is 0 Å². The van der Waals surface area contributed by atoms with E-state index in [0.29, 0.717) is 6.61 Å². The van der Waals surface area contributed by atoms with Gasteiger partial charge in [-0.2, -0.15) is 0 Å². The van der Waals surface area contributed by atoms with Gasteiger partial charge in [0, 0.05) is 12.6 Å². The van der Waals surface area contributed by atoms with E-state index in [1.807, 2.05) is 6.92 Å². The van der Waals surface area contributed by atoms with Crippen molar-refractivity contribution in [2.24, 2.45) is 0 Å². The molecule has 1 saturated heterocycles. The van der Waals surface area contributed by atoms with Gasteiger partial charge in [0.15, 0.2) is 0 Å². The van der Waals surface area contributed by atoms with Crippen molar-refractivity contribution >= 4 is 9.24 Å². The largest absolute Gasteiger partial charge is 0.389 e. The minimum atomic E-state index is -0.370. The fourth-order valence-electron chi connectivity index (χ4n) is 0.864. The number of nitrogens with one attached hydrogen (secondary N) is 1. The molecule has 60 valence electrons. The molecule has 0 aromatic carbocycles. The monoisotopic (exact) mass is 163 g/mol. The topological polar surface area (TPSA) is 41.5 Å². The first-order valence-electron chi connectivity index (χ1n) is 3.49. The van der Waals surface area contributed by atoms with Gasteiger partial charge in [0.05, 0.1) is 18.6 Å². The Morgan fingerprint density at radius 3 is 3.10 bits per heavy atom. The molecule has 4 atom stereocenters. The van der Waals surface area contributed by atoms with Crippen molar-refractivity contribution in [3.8, 4) is 0 Å². The summed E-state index contributed by atoms with van der Waals surface area (Å²) in [5.74, 6) is 0.139. The van der Waals surface area contributed by atoms with Crippen molar-refractivity contribution in [1.29, 1.82) is 0 Å². The SMILES string of the molecule is CC1NCC(P)OCC1O. The van der Waals surface area contributed by atoms with Gasteiger partial charge in [0.2, 0.25) is 0 Å². The Morgan fingerprint density at radius 1 is 1.70 bits per heavy atom. The first-order valence-corrected chi connectivity index (χ1v) is 4.15. The van der Waals surface area contributed by atoms with E-state index in [4.69, 9.17) is 4.74 Å². The average molecular weight is 163 g/mol. The van der Waals surface area contributed by atoms with Crippen LogP contribution in [0.25, 0.3) is 0 Å². The third-order valence-electron chi connectivity index (χ3n) is 1.70. The molecule has 0 spiro atoms. The van der Waals surface area contributed by atoms with Crippen molar-refractivity contribution in [1.82, 2.24) is 5.32 Å². The highest BCUT2D eigenvalue weighted by atomic mass is 31.0. The van der Waals surface area contributed by atoms with Crippen LogP contribution in [0.4, 0.5) is 0 Å². The number of aliphatic hydroxyl groups excluding tert-OH is 1. The summed E-state index contributed by atoms with van der Waals surface area (Å²) in [5, 5.41) is 12.4. The molecule has 0 aliphatic carbocycles. The summed E-state index contributed by atoms with van der Waals surface area (Å²) < 4.78 is 5.24. The molecule has 3 nitrogen and oxygen atoms in total. The van der Waals surface area contributed by atoms with Crippen molar-refractivity contribution in [3.05, 3.63) is 0 Å². The van der Waals surface area contributed by atoms with Crippen LogP contribution >= 0.6 is 9.24 Å². The third-order valence-corrected chi connectivity index (χ3v) is 2.13. The summed E-state index contributed by atoms with van der Waals surface area (Å²) in [6.45, 7) is 3.18. The van der Waals surface area contributed by atoms with E-state index in [2.05, 4.69) is 14.6 Å². The predicted molar refractivity (Wildman–Crippen MR) is 42.9 cm³/mol. The van der Waals surface area contributed by atoms with E-state index < -0.39 is 0 Å². The molecule has 1 aliphatic rings. The van der Waals surface area contributed by atoms with Crippen molar-refractivity contribution in [3.63, 3.8) is 0 Å². The van der Waals surface area contributed by atoms with Gasteiger partial charge in [0.1, 0.15) is 0 Å². The van der Waals surface area contributed by atoms with Gasteiger partial charge in [-0.05, 0) is 6.92 Å². The Bertz CT molecular complexity index is 99.9. The second-order valence-corrected chi connectivity index (χ2v) is 3.38. The van der Waals surface area contributed by atoms with Gasteiger partial charge in [-0.1, -0.05) is 0 Å². The highest BCUT2D eigenvalue weighted by Gasteiger charge is 2.19. The van der Waals surface area contributed by atoms with Crippen LogP contribution in [0.1, 0.15) is 6.92 Å². The summed E-state index contributed by atoms with van der Waals surface area (Å²) >= 11 is 0. The standard InChI is InChI=1S/C6H14NO2P/c1-4-5(8)3-9-6(10)2-7-4/h4-8H,2-3,10H2,1H3. The first-order chi connectivity index (χ1) is 4.70. The van der Waals surface area contributed by atoms with Crippen LogP contribution in [0.5, 0.6) is 0 Å². The van der Waals surface area contributed by atoms with E-state index in [1.54, 1.807) is 0 Å². The van der Waals surface area contributed by atoms with E-state index >= 15 is 0 Å². The molecule has 2 N–H and O–H groups in total. The maximum atomic E-state index is 9.28. The molecule has 1 rings (SSSR count). The maximum absolute atomic E-state index is 9.28. The van der Waals surface area contributed by atoms with Crippen LogP contribution in [-0.2, 0) is 4.74 Å². The van der Waals surface area contributed by atoms with Crippen molar-refractivity contribution < 1.29 is 9.84 Å². The van der Waals surface area contributed by atoms with E-state index in [9.17, 15) is 5.11 Å². The van der Waals surface area contributed by atoms with Crippen LogP contribution in [0, 0.1) is 0 Å². The Morgan fingerprint density at radius 2 is 2.40 bits per heavy atom. The summed E-state index contributed by atoms with van der Waals surface area (Å²) in [6, 6.07) is 0.144. The number of hydrogen-bond acceptors (Lipinski definition) is 3. The van der Waals surface area contributed by atoms with Gasteiger partial charge in [-0.25, -0.2) is 0 Å². The quantitative estimate of drug-likeness (QED) is 0.475. The minimum absolute atomic E-state index is 0.139. The van der Waals surface area contributed by atoms with Crippen LogP contribution in [0.15, 0.2) is 0 Å². The fraction of sp³-hybridized carbons (Fsp3) is 1.00. The molecule has 0 saturated carbocycles. The van der Waals surface area contributed by atoms with Gasteiger partial charge >= 0.3 is 0 Å². The summed E-state index contributed by atoms with van der Waals surface area (Å²) in [6.07, 6.45) is -0.370. The molecule has 0 aromatic heterocycles. The fourth-order valence-corrected chi connectivity index (χ4v) is 1.11. The number of aliphatic hydroxyl groups is 1. The molecule has 0 amide bonds. The molecule has 0 bridgehead atoms. The second-order valence-electron chi connectivity index (χ2n) is 2.64. The Kier molecular flexibility index (Phi) is 3.05. The molecular weight excluding hydrogens is 149 g/mol. The molecule has 4 unspecified atom stereocenters. The summed E-state index contributed by atoms with van der Waals surface area (Å²) in [7, 11) is 2.58. The van der Waals surface area contributed by atoms with Crippen LogP contribution in [0.2, 0.25) is 0 Å². The second kappa shape index (κ2) is 3.63. The summed E-state index contributed by atoms with van der Waals surface area (Å²) in [5.41, 5.74) is 0. The molecule has 0 aromatic rings. The molecule has 10 heavy (non-hydrogen) atoms. The normalized spacial score (nSPS) is 42.9. The molecule has 1 aliphatic heterocycles. The van der Waals surface area contributed by atoms with Crippen LogP contribution in [0.3, 0.4) is 0 Å². The van der Waals surface area contributed by atoms with Crippen LogP contribution in [-0.4, -0.2) is 36.2 Å². The van der Waals surface area contributed by atoms with Crippen molar-refractivity contribution in [2.45, 2.75) is 24.9 Å². The highest BCUT2D eigenvalue weighted by molar-refractivity contribution is 7.17. The first kappa shape index (κ1) is 8.41. The Labute approximate surface area is 63.3 Å². The lowest BCUT2D eigenvalue weighted by Gasteiger charge is -2.13. The zero-order valence-electron chi connectivity index (χ0n) is 6.08. The lowest BCUT2D eigenvalue weighted by atomic mass is 10.2. The van der Waals surface area contributed by atoms with Gasteiger partial charge in [0.25, 0.3) is 0 Å². The highest BCUT2D eigenvalue weighted by Crippen LogP contribution is 2.07. The maximum Gasteiger partial charge on any atom is 0.0923 e. The molecular formula is C6H14NO2P. The third kappa shape index (κ3) is 2.17. The van der Waals surface area contributed by atoms with E-state index in [0.717, 1.165) is 6.54 Å². The smallest absolute Gasteiger partial charge is 0.0923 e. The average Bonchev–Trinajstić information content (AvgIpc) is 2.04. The minimum Gasteiger partial charge on any atom is -0.389 e.